The zero-order valence-corrected chi connectivity index (χ0v) is 19.5. The molecule has 1 spiro atoms. The molecule has 3 aliphatic rings. The van der Waals surface area contributed by atoms with Gasteiger partial charge in [0.15, 0.2) is 11.6 Å². The number of nitrogens with zero attached hydrogens (tertiary/aromatic N) is 1. The number of hydrogen-bond acceptors (Lipinski definition) is 4. The molecule has 1 amide bonds. The minimum atomic E-state index is -4.26. The van der Waals surface area contributed by atoms with Crippen molar-refractivity contribution in [1.82, 2.24) is 9.62 Å². The molecule has 5 rings (SSSR count). The number of carbonyl (C=O) groups excluding carboxylic acids is 1. The third-order valence-corrected chi connectivity index (χ3v) is 8.18. The van der Waals surface area contributed by atoms with E-state index in [1.54, 1.807) is 0 Å². The SMILES string of the molecule is O=C(C1CCO1)N1CC2(CC2)[C@H](NS(=O)(=O)CF)[C@@H]1Cc1cccc(-c2cccc(F)c2F)c1F. The molecule has 1 aliphatic carbocycles. The summed E-state index contributed by atoms with van der Waals surface area (Å²) in [6, 6.07) is 4.49. The fourth-order valence-electron chi connectivity index (χ4n) is 5.17. The average Bonchev–Trinajstić information content (AvgIpc) is 3.51. The highest BCUT2D eigenvalue weighted by Crippen LogP contribution is 2.56. The highest BCUT2D eigenvalue weighted by Gasteiger charge is 2.62. The number of likely N-dealkylation sites (tertiary alicyclic amines) is 1. The summed E-state index contributed by atoms with van der Waals surface area (Å²) in [5.41, 5.74) is -0.861. The number of rotatable bonds is 7. The van der Waals surface area contributed by atoms with Crippen molar-refractivity contribution in [3.63, 3.8) is 0 Å². The molecule has 2 aromatic carbocycles. The summed E-state index contributed by atoms with van der Waals surface area (Å²) in [7, 11) is -4.26. The van der Waals surface area contributed by atoms with E-state index in [1.807, 2.05) is 0 Å². The van der Waals surface area contributed by atoms with Crippen LogP contribution >= 0.6 is 0 Å². The van der Waals surface area contributed by atoms with Crippen LogP contribution < -0.4 is 4.72 Å². The molecule has 2 aromatic rings. The van der Waals surface area contributed by atoms with Gasteiger partial charge < -0.3 is 9.64 Å². The molecule has 1 saturated carbocycles. The third kappa shape index (κ3) is 4.34. The lowest BCUT2D eigenvalue weighted by Crippen LogP contribution is -2.53. The molecule has 1 unspecified atom stereocenters. The predicted molar refractivity (Wildman–Crippen MR) is 119 cm³/mol. The fraction of sp³-hybridized carbons (Fsp3) is 0.458. The predicted octanol–water partition coefficient (Wildman–Crippen LogP) is 3.31. The monoisotopic (exact) mass is 512 g/mol. The van der Waals surface area contributed by atoms with Crippen LogP contribution in [0.4, 0.5) is 17.6 Å². The lowest BCUT2D eigenvalue weighted by Gasteiger charge is -2.34. The molecule has 6 nitrogen and oxygen atoms in total. The number of hydrogen-bond donors (Lipinski definition) is 1. The molecular formula is C24H24F4N2O4S. The van der Waals surface area contributed by atoms with Crippen LogP contribution in [0.1, 0.15) is 24.8 Å². The zero-order chi connectivity index (χ0) is 25.0. The molecular weight excluding hydrogens is 488 g/mol. The Hall–Kier alpha value is -2.50. The number of carbonyl (C=O) groups is 1. The third-order valence-electron chi connectivity index (χ3n) is 7.28. The van der Waals surface area contributed by atoms with Crippen molar-refractivity contribution in [2.75, 3.05) is 19.2 Å². The average molecular weight is 513 g/mol. The number of sulfonamides is 1. The Bertz CT molecular complexity index is 1260. The number of benzene rings is 2. The number of halogens is 4. The van der Waals surface area contributed by atoms with Crippen LogP contribution in [0.3, 0.4) is 0 Å². The van der Waals surface area contributed by atoms with Gasteiger partial charge in [0, 0.05) is 35.5 Å². The summed E-state index contributed by atoms with van der Waals surface area (Å²) in [6.45, 7) is 0.684. The van der Waals surface area contributed by atoms with Gasteiger partial charge in [0.1, 0.15) is 11.9 Å². The van der Waals surface area contributed by atoms with Crippen LogP contribution in [-0.2, 0) is 26.0 Å². The summed E-state index contributed by atoms with van der Waals surface area (Å²) in [6.07, 6.45) is 1.04. The first-order valence-electron chi connectivity index (χ1n) is 11.4. The van der Waals surface area contributed by atoms with Crippen LogP contribution in [0.2, 0.25) is 0 Å². The molecule has 1 N–H and O–H groups in total. The number of alkyl halides is 1. The molecule has 0 bridgehead atoms. The number of amides is 1. The van der Waals surface area contributed by atoms with E-state index >= 15 is 4.39 Å². The van der Waals surface area contributed by atoms with Gasteiger partial charge in [0.05, 0.1) is 12.6 Å². The fourth-order valence-corrected chi connectivity index (χ4v) is 6.03. The molecule has 2 heterocycles. The zero-order valence-electron chi connectivity index (χ0n) is 18.6. The van der Waals surface area contributed by atoms with E-state index < -0.39 is 57.1 Å². The minimum Gasteiger partial charge on any atom is -0.368 e. The molecule has 0 aromatic heterocycles. The molecule has 11 heteroatoms. The van der Waals surface area contributed by atoms with Crippen LogP contribution in [0.5, 0.6) is 0 Å². The molecule has 2 saturated heterocycles. The Labute approximate surface area is 200 Å². The molecule has 188 valence electrons. The van der Waals surface area contributed by atoms with Gasteiger partial charge in [-0.25, -0.2) is 30.7 Å². The van der Waals surface area contributed by atoms with E-state index in [0.717, 1.165) is 6.07 Å². The van der Waals surface area contributed by atoms with E-state index in [-0.39, 0.29) is 35.6 Å². The molecule has 3 fully saturated rings. The number of ether oxygens (including phenoxy) is 1. The first-order chi connectivity index (χ1) is 16.7. The molecule has 35 heavy (non-hydrogen) atoms. The highest BCUT2D eigenvalue weighted by molar-refractivity contribution is 7.89. The van der Waals surface area contributed by atoms with Gasteiger partial charge in [-0.3, -0.25) is 4.79 Å². The second-order valence-electron chi connectivity index (χ2n) is 9.45. The maximum Gasteiger partial charge on any atom is 0.252 e. The summed E-state index contributed by atoms with van der Waals surface area (Å²) < 4.78 is 89.0. The summed E-state index contributed by atoms with van der Waals surface area (Å²) in [4.78, 5) is 14.7. The second-order valence-corrected chi connectivity index (χ2v) is 11.1. The first kappa shape index (κ1) is 24.2. The topological polar surface area (TPSA) is 75.7 Å². The standard InChI is InChI=1S/C24H24F4N2O4S/c25-13-35(32,33)29-22-18(30(12-24(22)8-9-24)23(31)19-7-10-34-19)11-14-3-1-4-15(20(14)27)16-5-2-6-17(26)21(16)28/h1-6,18-19,22,29H,7-13H2/t18-,19?,22+/m0/s1. The van der Waals surface area contributed by atoms with Gasteiger partial charge >= 0.3 is 0 Å². The van der Waals surface area contributed by atoms with Gasteiger partial charge in [-0.1, -0.05) is 30.3 Å². The largest absolute Gasteiger partial charge is 0.368 e. The van der Waals surface area contributed by atoms with E-state index in [2.05, 4.69) is 4.72 Å². The van der Waals surface area contributed by atoms with Gasteiger partial charge in [-0.15, -0.1) is 0 Å². The lowest BCUT2D eigenvalue weighted by atomic mass is 9.91. The Morgan fingerprint density at radius 3 is 2.34 bits per heavy atom. The van der Waals surface area contributed by atoms with Gasteiger partial charge in [-0.2, -0.15) is 0 Å². The highest BCUT2D eigenvalue weighted by atomic mass is 32.2. The smallest absolute Gasteiger partial charge is 0.252 e. The molecule has 3 atom stereocenters. The van der Waals surface area contributed by atoms with Crippen molar-refractivity contribution < 1.29 is 35.5 Å². The van der Waals surface area contributed by atoms with Crippen molar-refractivity contribution >= 4 is 15.9 Å². The molecule has 0 radical (unpaired) electrons. The Morgan fingerprint density at radius 2 is 1.74 bits per heavy atom. The van der Waals surface area contributed by atoms with E-state index in [0.29, 0.717) is 25.9 Å². The maximum absolute atomic E-state index is 15.6. The van der Waals surface area contributed by atoms with E-state index in [4.69, 9.17) is 4.74 Å². The van der Waals surface area contributed by atoms with Gasteiger partial charge in [0.2, 0.25) is 16.0 Å². The normalized spacial score (nSPS) is 25.0. The Kier molecular flexibility index (Phi) is 6.13. The Balaban J connectivity index is 1.52. The molecule has 2 aliphatic heterocycles. The van der Waals surface area contributed by atoms with E-state index in [1.165, 1.54) is 35.2 Å². The lowest BCUT2D eigenvalue weighted by molar-refractivity contribution is -0.157. The van der Waals surface area contributed by atoms with E-state index in [9.17, 15) is 26.4 Å². The van der Waals surface area contributed by atoms with Crippen molar-refractivity contribution in [3.05, 3.63) is 59.4 Å². The Morgan fingerprint density at radius 1 is 1.09 bits per heavy atom. The summed E-state index contributed by atoms with van der Waals surface area (Å²) >= 11 is 0. The van der Waals surface area contributed by atoms with Crippen molar-refractivity contribution in [3.8, 4) is 11.1 Å². The number of nitrogens with one attached hydrogen (secondary N) is 1. The quantitative estimate of drug-likeness (QED) is 0.578. The minimum absolute atomic E-state index is 0.101. The van der Waals surface area contributed by atoms with Crippen molar-refractivity contribution in [2.24, 2.45) is 5.41 Å². The van der Waals surface area contributed by atoms with Crippen LogP contribution in [0.25, 0.3) is 11.1 Å². The van der Waals surface area contributed by atoms with Crippen molar-refractivity contribution in [2.45, 2.75) is 43.9 Å². The first-order valence-corrected chi connectivity index (χ1v) is 13.0. The summed E-state index contributed by atoms with van der Waals surface area (Å²) in [5, 5.41) is 0. The summed E-state index contributed by atoms with van der Waals surface area (Å²) in [5.74, 6) is -3.42. The van der Waals surface area contributed by atoms with Gasteiger partial charge in [0.25, 0.3) is 5.91 Å². The second kappa shape index (κ2) is 8.86. The van der Waals surface area contributed by atoms with Crippen LogP contribution in [0, 0.1) is 22.9 Å². The van der Waals surface area contributed by atoms with Crippen molar-refractivity contribution in [1.29, 1.82) is 0 Å². The van der Waals surface area contributed by atoms with Gasteiger partial charge in [-0.05, 0) is 30.9 Å². The van der Waals surface area contributed by atoms with Crippen LogP contribution in [-0.4, -0.2) is 56.6 Å². The van der Waals surface area contributed by atoms with Crippen LogP contribution in [0.15, 0.2) is 36.4 Å². The maximum atomic E-state index is 15.6.